The van der Waals surface area contributed by atoms with Crippen LogP contribution in [0.3, 0.4) is 0 Å². The van der Waals surface area contributed by atoms with Crippen molar-refractivity contribution in [3.8, 4) is 0 Å². The molecule has 154 valence electrons. The van der Waals surface area contributed by atoms with Gasteiger partial charge in [-0.2, -0.15) is 0 Å². The Kier molecular flexibility index (Phi) is 13.1. The van der Waals surface area contributed by atoms with Crippen molar-refractivity contribution in [2.24, 2.45) is 5.73 Å². The Hall–Kier alpha value is -1.34. The second-order valence-corrected chi connectivity index (χ2v) is 6.73. The molecular weight excluding hydrogens is 387 g/mol. The average Bonchev–Trinajstić information content (AvgIpc) is 2.66. The minimum absolute atomic E-state index is 0. The molecule has 1 aromatic carbocycles. The third kappa shape index (κ3) is 8.93. The molecular formula is C19H32Cl2N4O2. The highest BCUT2D eigenvalue weighted by Gasteiger charge is 2.18. The lowest BCUT2D eigenvalue weighted by atomic mass is 9.94. The Morgan fingerprint density at radius 1 is 1.04 bits per heavy atom. The molecule has 0 bridgehead atoms. The highest BCUT2D eigenvalue weighted by Crippen LogP contribution is 2.23. The number of benzene rings is 1. The van der Waals surface area contributed by atoms with E-state index < -0.39 is 0 Å². The lowest BCUT2D eigenvalue weighted by molar-refractivity contribution is -0.125. The zero-order valence-corrected chi connectivity index (χ0v) is 17.5. The summed E-state index contributed by atoms with van der Waals surface area (Å²) in [6.45, 7) is 1.20. The van der Waals surface area contributed by atoms with Crippen molar-refractivity contribution >= 4 is 36.6 Å². The molecule has 8 heteroatoms. The van der Waals surface area contributed by atoms with Crippen LogP contribution in [0.25, 0.3) is 0 Å². The van der Waals surface area contributed by atoms with Gasteiger partial charge < -0.3 is 16.4 Å². The normalized spacial score (nSPS) is 14.0. The zero-order chi connectivity index (χ0) is 18.1. The molecule has 1 aliphatic rings. The average molecular weight is 419 g/mol. The van der Waals surface area contributed by atoms with Crippen LogP contribution in [0.5, 0.6) is 0 Å². The lowest BCUT2D eigenvalue weighted by Crippen LogP contribution is -2.39. The van der Waals surface area contributed by atoms with Gasteiger partial charge in [0.15, 0.2) is 0 Å². The van der Waals surface area contributed by atoms with E-state index in [0.717, 1.165) is 12.1 Å². The third-order valence-electron chi connectivity index (χ3n) is 4.84. The molecule has 1 aliphatic carbocycles. The number of hydrogen-bond donors (Lipinski definition) is 3. The minimum Gasteiger partial charge on any atom is -0.350 e. The number of hydrogen-bond acceptors (Lipinski definition) is 4. The molecule has 1 saturated carbocycles. The molecule has 0 radical (unpaired) electrons. The van der Waals surface area contributed by atoms with Crippen molar-refractivity contribution in [3.05, 3.63) is 35.4 Å². The van der Waals surface area contributed by atoms with Gasteiger partial charge in [-0.1, -0.05) is 43.5 Å². The van der Waals surface area contributed by atoms with E-state index in [1.807, 2.05) is 18.2 Å². The standard InChI is InChI=1S/C19H30N4O2.2ClH/c1-23(17-9-3-2-4-10-17)14-16-8-6-5-7-15(16)12-21-19(25)13-22-18(24)11-20;;/h5-8,17H,2-4,9-14,20H2,1H3,(H,21,25)(H,22,24);2*1H. The molecule has 0 heterocycles. The Morgan fingerprint density at radius 3 is 2.30 bits per heavy atom. The second-order valence-electron chi connectivity index (χ2n) is 6.73. The first kappa shape index (κ1) is 25.7. The van der Waals surface area contributed by atoms with Crippen LogP contribution < -0.4 is 16.4 Å². The molecule has 6 nitrogen and oxygen atoms in total. The van der Waals surface area contributed by atoms with E-state index in [9.17, 15) is 9.59 Å². The van der Waals surface area contributed by atoms with Gasteiger partial charge in [0, 0.05) is 19.1 Å². The molecule has 0 atom stereocenters. The summed E-state index contributed by atoms with van der Waals surface area (Å²) >= 11 is 0. The number of halogens is 2. The molecule has 1 fully saturated rings. The maximum Gasteiger partial charge on any atom is 0.239 e. The van der Waals surface area contributed by atoms with E-state index in [-0.39, 0.29) is 49.7 Å². The molecule has 0 spiro atoms. The fourth-order valence-electron chi connectivity index (χ4n) is 3.31. The largest absolute Gasteiger partial charge is 0.350 e. The molecule has 4 N–H and O–H groups in total. The monoisotopic (exact) mass is 418 g/mol. The van der Waals surface area contributed by atoms with Gasteiger partial charge in [-0.25, -0.2) is 0 Å². The van der Waals surface area contributed by atoms with Gasteiger partial charge in [0.25, 0.3) is 0 Å². The second kappa shape index (κ2) is 13.8. The molecule has 0 unspecified atom stereocenters. The maximum absolute atomic E-state index is 11.8. The molecule has 1 aromatic rings. The number of carbonyl (C=O) groups excluding carboxylic acids is 2. The summed E-state index contributed by atoms with van der Waals surface area (Å²) in [6, 6.07) is 8.85. The van der Waals surface area contributed by atoms with E-state index in [1.54, 1.807) is 0 Å². The topological polar surface area (TPSA) is 87.5 Å². The van der Waals surface area contributed by atoms with Crippen LogP contribution in [-0.4, -0.2) is 42.9 Å². The summed E-state index contributed by atoms with van der Waals surface area (Å²) in [5.74, 6) is -0.540. The van der Waals surface area contributed by atoms with Gasteiger partial charge in [0.1, 0.15) is 0 Å². The quantitative estimate of drug-likeness (QED) is 0.602. The third-order valence-corrected chi connectivity index (χ3v) is 4.84. The Bertz CT molecular complexity index is 581. The van der Waals surface area contributed by atoms with Gasteiger partial charge in [0.05, 0.1) is 13.1 Å². The van der Waals surface area contributed by atoms with Gasteiger partial charge >= 0.3 is 0 Å². The molecule has 2 rings (SSSR count). The lowest BCUT2D eigenvalue weighted by Gasteiger charge is -2.31. The van der Waals surface area contributed by atoms with Gasteiger partial charge in [-0.15, -0.1) is 24.8 Å². The molecule has 2 amide bonds. The summed E-state index contributed by atoms with van der Waals surface area (Å²) in [5, 5.41) is 5.33. The summed E-state index contributed by atoms with van der Waals surface area (Å²) in [7, 11) is 2.19. The van der Waals surface area contributed by atoms with Crippen LogP contribution in [0.15, 0.2) is 24.3 Å². The minimum atomic E-state index is -0.329. The Morgan fingerprint density at radius 2 is 1.67 bits per heavy atom. The van der Waals surface area contributed by atoms with E-state index in [1.165, 1.54) is 37.7 Å². The fourth-order valence-corrected chi connectivity index (χ4v) is 3.31. The van der Waals surface area contributed by atoms with Gasteiger partial charge in [-0.3, -0.25) is 14.5 Å². The number of nitrogens with one attached hydrogen (secondary N) is 2. The van der Waals surface area contributed by atoms with E-state index in [4.69, 9.17) is 5.73 Å². The van der Waals surface area contributed by atoms with Crippen molar-refractivity contribution in [2.45, 2.75) is 51.2 Å². The molecule has 0 aliphatic heterocycles. The number of nitrogens with zero attached hydrogens (tertiary/aromatic N) is 1. The van der Waals surface area contributed by atoms with Crippen LogP contribution in [-0.2, 0) is 22.7 Å². The first-order valence-electron chi connectivity index (χ1n) is 9.10. The Balaban J connectivity index is 0.00000338. The van der Waals surface area contributed by atoms with E-state index >= 15 is 0 Å². The van der Waals surface area contributed by atoms with Crippen LogP contribution in [0, 0.1) is 0 Å². The van der Waals surface area contributed by atoms with Crippen LogP contribution in [0.2, 0.25) is 0 Å². The van der Waals surface area contributed by atoms with Crippen LogP contribution in [0.4, 0.5) is 0 Å². The summed E-state index contributed by atoms with van der Waals surface area (Å²) in [5.41, 5.74) is 7.55. The summed E-state index contributed by atoms with van der Waals surface area (Å²) in [6.07, 6.45) is 6.54. The van der Waals surface area contributed by atoms with E-state index in [0.29, 0.717) is 12.6 Å². The number of carbonyl (C=O) groups is 2. The molecule has 0 saturated heterocycles. The predicted octanol–water partition coefficient (Wildman–Crippen LogP) is 1.99. The van der Waals surface area contributed by atoms with Crippen molar-refractivity contribution < 1.29 is 9.59 Å². The van der Waals surface area contributed by atoms with Crippen LogP contribution >= 0.6 is 24.8 Å². The zero-order valence-electron chi connectivity index (χ0n) is 15.9. The highest BCUT2D eigenvalue weighted by atomic mass is 35.5. The number of rotatable bonds is 8. The highest BCUT2D eigenvalue weighted by molar-refractivity contribution is 5.86. The van der Waals surface area contributed by atoms with Crippen LogP contribution in [0.1, 0.15) is 43.2 Å². The van der Waals surface area contributed by atoms with Crippen molar-refractivity contribution in [1.29, 1.82) is 0 Å². The summed E-state index contributed by atoms with van der Waals surface area (Å²) in [4.78, 5) is 25.4. The fraction of sp³-hybridized carbons (Fsp3) is 0.579. The maximum atomic E-state index is 11.8. The van der Waals surface area contributed by atoms with Gasteiger partial charge in [0.2, 0.25) is 11.8 Å². The van der Waals surface area contributed by atoms with Crippen molar-refractivity contribution in [3.63, 3.8) is 0 Å². The van der Waals surface area contributed by atoms with E-state index in [2.05, 4.69) is 28.6 Å². The van der Waals surface area contributed by atoms with Gasteiger partial charge in [-0.05, 0) is 31.0 Å². The number of nitrogens with two attached hydrogens (primary N) is 1. The van der Waals surface area contributed by atoms with Crippen molar-refractivity contribution in [2.75, 3.05) is 20.1 Å². The Labute approximate surface area is 174 Å². The smallest absolute Gasteiger partial charge is 0.239 e. The first-order valence-corrected chi connectivity index (χ1v) is 9.10. The SMILES string of the molecule is CN(Cc1ccccc1CNC(=O)CNC(=O)CN)C1CCCCC1.Cl.Cl. The number of amides is 2. The first-order chi connectivity index (χ1) is 12.1. The summed E-state index contributed by atoms with van der Waals surface area (Å²) < 4.78 is 0. The molecule has 0 aromatic heterocycles. The van der Waals surface area contributed by atoms with Crippen molar-refractivity contribution in [1.82, 2.24) is 15.5 Å². The molecule has 27 heavy (non-hydrogen) atoms. The predicted molar refractivity (Wildman–Crippen MR) is 113 cm³/mol.